The molecule has 104 valence electrons. The summed E-state index contributed by atoms with van der Waals surface area (Å²) in [6.07, 6.45) is 0.966. The maximum atomic E-state index is 12.1. The molecule has 0 heterocycles. The van der Waals surface area contributed by atoms with Gasteiger partial charge in [0.15, 0.2) is 0 Å². The summed E-state index contributed by atoms with van der Waals surface area (Å²) in [6.45, 7) is 3.81. The predicted octanol–water partition coefficient (Wildman–Crippen LogP) is 2.29. The van der Waals surface area contributed by atoms with Gasteiger partial charge in [0.1, 0.15) is 5.84 Å². The minimum absolute atomic E-state index is 0.0853. The van der Waals surface area contributed by atoms with Crippen molar-refractivity contribution in [2.75, 3.05) is 0 Å². The van der Waals surface area contributed by atoms with Crippen molar-refractivity contribution in [3.8, 4) is 0 Å². The number of nitrogens with one attached hydrogen (secondary N) is 1. The van der Waals surface area contributed by atoms with E-state index in [1.807, 2.05) is 19.9 Å². The van der Waals surface area contributed by atoms with Crippen molar-refractivity contribution >= 4 is 23.3 Å². The molecule has 0 radical (unpaired) electrons. The Morgan fingerprint density at radius 3 is 2.79 bits per heavy atom. The third kappa shape index (κ3) is 4.44. The van der Waals surface area contributed by atoms with Crippen LogP contribution in [0.2, 0.25) is 5.02 Å². The van der Waals surface area contributed by atoms with Gasteiger partial charge in [-0.15, -0.1) is 0 Å². The van der Waals surface area contributed by atoms with Crippen LogP contribution in [0.1, 0.15) is 35.7 Å². The van der Waals surface area contributed by atoms with Crippen LogP contribution in [-0.2, 0) is 0 Å². The van der Waals surface area contributed by atoms with E-state index in [4.69, 9.17) is 22.5 Å². The van der Waals surface area contributed by atoms with Crippen molar-refractivity contribution < 1.29 is 10.0 Å². The Balaban J connectivity index is 2.77. The molecule has 0 aromatic heterocycles. The number of halogens is 1. The lowest BCUT2D eigenvalue weighted by Gasteiger charge is -2.16. The maximum absolute atomic E-state index is 12.1. The second-order valence-corrected chi connectivity index (χ2v) is 4.76. The van der Waals surface area contributed by atoms with Gasteiger partial charge in [-0.1, -0.05) is 29.7 Å². The highest BCUT2D eigenvalue weighted by Gasteiger charge is 2.16. The highest BCUT2D eigenvalue weighted by molar-refractivity contribution is 6.33. The molecular formula is C13H18ClN3O2. The molecular weight excluding hydrogens is 266 g/mol. The molecule has 5 nitrogen and oxygen atoms in total. The zero-order chi connectivity index (χ0) is 14.4. The second-order valence-electron chi connectivity index (χ2n) is 4.36. The third-order valence-corrected chi connectivity index (χ3v) is 3.09. The predicted molar refractivity (Wildman–Crippen MR) is 75.8 cm³/mol. The number of oxime groups is 1. The summed E-state index contributed by atoms with van der Waals surface area (Å²) in [7, 11) is 0. The average Bonchev–Trinajstić information content (AvgIpc) is 2.37. The Morgan fingerprint density at radius 1 is 1.58 bits per heavy atom. The van der Waals surface area contributed by atoms with Crippen LogP contribution in [0, 0.1) is 6.92 Å². The minimum Gasteiger partial charge on any atom is -0.409 e. The Morgan fingerprint density at radius 2 is 2.26 bits per heavy atom. The van der Waals surface area contributed by atoms with Gasteiger partial charge in [0, 0.05) is 12.5 Å². The molecule has 1 aromatic carbocycles. The number of amidine groups is 1. The van der Waals surface area contributed by atoms with E-state index in [-0.39, 0.29) is 17.8 Å². The molecule has 4 N–H and O–H groups in total. The fourth-order valence-electron chi connectivity index (χ4n) is 1.66. The van der Waals surface area contributed by atoms with Gasteiger partial charge in [-0.05, 0) is 31.0 Å². The molecule has 0 aliphatic rings. The Hall–Kier alpha value is -1.75. The lowest BCUT2D eigenvalue weighted by molar-refractivity contribution is 0.0937. The molecule has 0 spiro atoms. The van der Waals surface area contributed by atoms with E-state index < -0.39 is 0 Å². The first kappa shape index (κ1) is 15.3. The number of benzene rings is 1. The number of carbonyl (C=O) groups excluding carboxylic acids is 1. The number of amides is 1. The summed E-state index contributed by atoms with van der Waals surface area (Å²) in [5.41, 5.74) is 6.85. The number of carbonyl (C=O) groups is 1. The Kier molecular flexibility index (Phi) is 5.63. The van der Waals surface area contributed by atoms with Crippen LogP contribution in [0.25, 0.3) is 0 Å². The van der Waals surface area contributed by atoms with Crippen LogP contribution >= 0.6 is 11.6 Å². The third-order valence-electron chi connectivity index (χ3n) is 2.78. The van der Waals surface area contributed by atoms with Gasteiger partial charge in [0.25, 0.3) is 5.91 Å². The van der Waals surface area contributed by atoms with Gasteiger partial charge in [-0.2, -0.15) is 0 Å². The van der Waals surface area contributed by atoms with E-state index in [0.29, 0.717) is 23.4 Å². The standard InChI is InChI=1S/C13H18ClN3O2/c1-3-9(7-12(15)17-19)16-13(18)10-5-4-8(2)6-11(10)14/h4-6,9,19H,3,7H2,1-2H3,(H2,15,17)(H,16,18). The van der Waals surface area contributed by atoms with Crippen LogP contribution in [0.15, 0.2) is 23.4 Å². The molecule has 6 heteroatoms. The molecule has 0 aliphatic heterocycles. The van der Waals surface area contributed by atoms with E-state index in [0.717, 1.165) is 5.56 Å². The van der Waals surface area contributed by atoms with E-state index in [1.165, 1.54) is 0 Å². The van der Waals surface area contributed by atoms with Crippen LogP contribution in [0.5, 0.6) is 0 Å². The smallest absolute Gasteiger partial charge is 0.253 e. The molecule has 1 rings (SSSR count). The average molecular weight is 284 g/mol. The van der Waals surface area contributed by atoms with Gasteiger partial charge < -0.3 is 16.3 Å². The molecule has 1 unspecified atom stereocenters. The van der Waals surface area contributed by atoms with Crippen molar-refractivity contribution in [2.45, 2.75) is 32.7 Å². The van der Waals surface area contributed by atoms with Gasteiger partial charge in [0.2, 0.25) is 0 Å². The normalized spacial score (nSPS) is 13.1. The van der Waals surface area contributed by atoms with Gasteiger partial charge >= 0.3 is 0 Å². The van der Waals surface area contributed by atoms with Gasteiger partial charge in [0.05, 0.1) is 10.6 Å². The molecule has 0 saturated heterocycles. The number of nitrogens with zero attached hydrogens (tertiary/aromatic N) is 1. The monoisotopic (exact) mass is 283 g/mol. The van der Waals surface area contributed by atoms with Gasteiger partial charge in [-0.3, -0.25) is 4.79 Å². The fourth-order valence-corrected chi connectivity index (χ4v) is 1.98. The highest BCUT2D eigenvalue weighted by Crippen LogP contribution is 2.17. The van der Waals surface area contributed by atoms with E-state index in [2.05, 4.69) is 10.5 Å². The summed E-state index contributed by atoms with van der Waals surface area (Å²) in [5.74, 6) is -0.176. The molecule has 0 bridgehead atoms. The maximum Gasteiger partial charge on any atom is 0.253 e. The molecule has 19 heavy (non-hydrogen) atoms. The lowest BCUT2D eigenvalue weighted by Crippen LogP contribution is -2.37. The molecule has 0 saturated carbocycles. The highest BCUT2D eigenvalue weighted by atomic mass is 35.5. The molecule has 0 aliphatic carbocycles. The van der Waals surface area contributed by atoms with Crippen LogP contribution in [0.3, 0.4) is 0 Å². The molecule has 1 aromatic rings. The van der Waals surface area contributed by atoms with Crippen LogP contribution in [-0.4, -0.2) is 23.0 Å². The quantitative estimate of drug-likeness (QED) is 0.335. The van der Waals surface area contributed by atoms with Crippen molar-refractivity contribution in [2.24, 2.45) is 10.9 Å². The summed E-state index contributed by atoms with van der Waals surface area (Å²) in [4.78, 5) is 12.1. The number of aryl methyl sites for hydroxylation is 1. The first-order valence-corrected chi connectivity index (χ1v) is 6.39. The number of hydrogen-bond acceptors (Lipinski definition) is 3. The minimum atomic E-state index is -0.261. The summed E-state index contributed by atoms with van der Waals surface area (Å²) in [5, 5.41) is 14.7. The van der Waals surface area contributed by atoms with E-state index in [1.54, 1.807) is 12.1 Å². The second kappa shape index (κ2) is 6.99. The van der Waals surface area contributed by atoms with Gasteiger partial charge in [-0.25, -0.2) is 0 Å². The lowest BCUT2D eigenvalue weighted by atomic mass is 10.1. The Bertz CT molecular complexity index is 489. The van der Waals surface area contributed by atoms with Crippen molar-refractivity contribution in [1.82, 2.24) is 5.32 Å². The fraction of sp³-hybridized carbons (Fsp3) is 0.385. The molecule has 1 amide bonds. The zero-order valence-electron chi connectivity index (χ0n) is 11.0. The van der Waals surface area contributed by atoms with Crippen LogP contribution in [0.4, 0.5) is 0 Å². The summed E-state index contributed by atoms with van der Waals surface area (Å²) >= 11 is 6.03. The topological polar surface area (TPSA) is 87.7 Å². The van der Waals surface area contributed by atoms with Crippen molar-refractivity contribution in [3.05, 3.63) is 34.3 Å². The Labute approximate surface area is 117 Å². The largest absolute Gasteiger partial charge is 0.409 e. The summed E-state index contributed by atoms with van der Waals surface area (Å²) < 4.78 is 0. The number of nitrogens with two attached hydrogens (primary N) is 1. The zero-order valence-corrected chi connectivity index (χ0v) is 11.7. The SMILES string of the molecule is CCC(C/C(N)=N/O)NC(=O)c1ccc(C)cc1Cl. The first-order valence-electron chi connectivity index (χ1n) is 6.01. The van der Waals surface area contributed by atoms with E-state index >= 15 is 0 Å². The number of hydrogen-bond donors (Lipinski definition) is 3. The van der Waals surface area contributed by atoms with Crippen LogP contribution < -0.4 is 11.1 Å². The van der Waals surface area contributed by atoms with Crippen molar-refractivity contribution in [1.29, 1.82) is 0 Å². The molecule has 1 atom stereocenters. The number of rotatable bonds is 5. The van der Waals surface area contributed by atoms with E-state index in [9.17, 15) is 4.79 Å². The first-order chi connectivity index (χ1) is 8.97. The summed E-state index contributed by atoms with van der Waals surface area (Å²) in [6, 6.07) is 5.05. The molecule has 0 fully saturated rings. The van der Waals surface area contributed by atoms with Crippen molar-refractivity contribution in [3.63, 3.8) is 0 Å².